The minimum absolute atomic E-state index is 0.220. The molecule has 20 heavy (non-hydrogen) atoms. The van der Waals surface area contributed by atoms with Crippen molar-refractivity contribution in [2.45, 2.75) is 13.0 Å². The Hall–Kier alpha value is -2.27. The van der Waals surface area contributed by atoms with Gasteiger partial charge in [-0.05, 0) is 42.3 Å². The number of amides is 1. The summed E-state index contributed by atoms with van der Waals surface area (Å²) >= 11 is 0. The molecule has 5 heteroatoms. The third-order valence-corrected chi connectivity index (χ3v) is 2.89. The van der Waals surface area contributed by atoms with E-state index in [0.717, 1.165) is 5.56 Å². The first-order valence-corrected chi connectivity index (χ1v) is 6.15. The molecule has 1 aromatic heterocycles. The average Bonchev–Trinajstić information content (AvgIpc) is 2.45. The number of carbonyl (C=O) groups is 1. The fraction of sp³-hybridized carbons (Fsp3) is 0.200. The number of pyridine rings is 1. The largest absolute Gasteiger partial charge is 0.382 e. The molecule has 4 nitrogen and oxygen atoms in total. The highest BCUT2D eigenvalue weighted by molar-refractivity contribution is 5.92. The molecule has 0 radical (unpaired) electrons. The molecule has 2 aromatic rings. The van der Waals surface area contributed by atoms with E-state index in [9.17, 15) is 14.3 Å². The van der Waals surface area contributed by atoms with E-state index in [1.807, 2.05) is 0 Å². The lowest BCUT2D eigenvalue weighted by molar-refractivity contribution is 0.0957. The summed E-state index contributed by atoms with van der Waals surface area (Å²) in [5, 5.41) is 12.7. The summed E-state index contributed by atoms with van der Waals surface area (Å²) in [7, 11) is 1.51. The van der Waals surface area contributed by atoms with Crippen LogP contribution in [0.1, 0.15) is 33.4 Å². The predicted molar refractivity (Wildman–Crippen MR) is 72.8 cm³/mol. The van der Waals surface area contributed by atoms with Gasteiger partial charge in [0.05, 0.1) is 5.69 Å². The second-order valence-electron chi connectivity index (χ2n) is 4.49. The highest BCUT2D eigenvalue weighted by Crippen LogP contribution is 2.22. The van der Waals surface area contributed by atoms with E-state index in [1.165, 1.54) is 25.2 Å². The van der Waals surface area contributed by atoms with Crippen molar-refractivity contribution in [2.24, 2.45) is 0 Å². The second-order valence-corrected chi connectivity index (χ2v) is 4.49. The van der Waals surface area contributed by atoms with Crippen LogP contribution in [-0.4, -0.2) is 23.0 Å². The summed E-state index contributed by atoms with van der Waals surface area (Å²) in [5.41, 5.74) is 1.72. The fourth-order valence-electron chi connectivity index (χ4n) is 1.93. The van der Waals surface area contributed by atoms with Gasteiger partial charge in [-0.1, -0.05) is 12.1 Å². The van der Waals surface area contributed by atoms with E-state index in [1.54, 1.807) is 25.1 Å². The van der Waals surface area contributed by atoms with Crippen molar-refractivity contribution < 1.29 is 14.3 Å². The van der Waals surface area contributed by atoms with Gasteiger partial charge < -0.3 is 10.4 Å². The van der Waals surface area contributed by atoms with Crippen molar-refractivity contribution >= 4 is 5.91 Å². The molecular weight excluding hydrogens is 259 g/mol. The summed E-state index contributed by atoms with van der Waals surface area (Å²) in [6, 6.07) is 8.97. The Morgan fingerprint density at radius 1 is 1.35 bits per heavy atom. The Labute approximate surface area is 116 Å². The van der Waals surface area contributed by atoms with Crippen LogP contribution in [0.5, 0.6) is 0 Å². The Bertz CT molecular complexity index is 644. The Kier molecular flexibility index (Phi) is 4.10. The van der Waals surface area contributed by atoms with Crippen molar-refractivity contribution in [1.29, 1.82) is 0 Å². The van der Waals surface area contributed by atoms with E-state index in [2.05, 4.69) is 10.3 Å². The lowest BCUT2D eigenvalue weighted by atomic mass is 10.0. The maximum atomic E-state index is 13.2. The van der Waals surface area contributed by atoms with E-state index < -0.39 is 11.9 Å². The fourth-order valence-corrected chi connectivity index (χ4v) is 1.93. The number of nitrogens with zero attached hydrogens (tertiary/aromatic N) is 1. The predicted octanol–water partition coefficient (Wildman–Crippen LogP) is 1.97. The third-order valence-electron chi connectivity index (χ3n) is 2.89. The molecule has 0 bridgehead atoms. The van der Waals surface area contributed by atoms with Crippen molar-refractivity contribution in [1.82, 2.24) is 10.3 Å². The summed E-state index contributed by atoms with van der Waals surface area (Å²) < 4.78 is 13.2. The standard InChI is InChI=1S/C15H15FN2O2/c1-9-6-12(18-13(7-9)15(20)17-2)14(19)10-4-3-5-11(16)8-10/h3-8,14,19H,1-2H3,(H,17,20). The van der Waals surface area contributed by atoms with Crippen LogP contribution in [0.15, 0.2) is 36.4 Å². The number of aliphatic hydroxyl groups excluding tert-OH is 1. The van der Waals surface area contributed by atoms with Crippen molar-refractivity contribution in [3.63, 3.8) is 0 Å². The van der Waals surface area contributed by atoms with Gasteiger partial charge >= 0.3 is 0 Å². The van der Waals surface area contributed by atoms with Gasteiger partial charge in [0.25, 0.3) is 5.91 Å². The molecule has 1 heterocycles. The summed E-state index contributed by atoms with van der Waals surface area (Å²) in [6.45, 7) is 1.80. The van der Waals surface area contributed by atoms with Crippen LogP contribution in [0.2, 0.25) is 0 Å². The molecule has 0 fully saturated rings. The molecule has 0 spiro atoms. The second kappa shape index (κ2) is 5.79. The van der Waals surface area contributed by atoms with Crippen LogP contribution < -0.4 is 5.32 Å². The molecule has 104 valence electrons. The van der Waals surface area contributed by atoms with Gasteiger partial charge in [-0.15, -0.1) is 0 Å². The van der Waals surface area contributed by atoms with Gasteiger partial charge in [0, 0.05) is 7.05 Å². The number of benzene rings is 1. The summed E-state index contributed by atoms with van der Waals surface area (Å²) in [5.74, 6) is -0.762. The highest BCUT2D eigenvalue weighted by Gasteiger charge is 2.16. The van der Waals surface area contributed by atoms with Crippen LogP contribution >= 0.6 is 0 Å². The summed E-state index contributed by atoms with van der Waals surface area (Å²) in [6.07, 6.45) is -1.07. The molecule has 1 amide bonds. The molecular formula is C15H15FN2O2. The monoisotopic (exact) mass is 274 g/mol. The molecule has 1 unspecified atom stereocenters. The molecule has 2 N–H and O–H groups in total. The van der Waals surface area contributed by atoms with Crippen LogP contribution in [0, 0.1) is 12.7 Å². The van der Waals surface area contributed by atoms with Crippen LogP contribution in [-0.2, 0) is 0 Å². The van der Waals surface area contributed by atoms with Crippen LogP contribution in [0.25, 0.3) is 0 Å². The van der Waals surface area contributed by atoms with E-state index >= 15 is 0 Å². The van der Waals surface area contributed by atoms with Crippen molar-refractivity contribution in [3.8, 4) is 0 Å². The number of carbonyl (C=O) groups excluding carboxylic acids is 1. The topological polar surface area (TPSA) is 62.2 Å². The summed E-state index contributed by atoms with van der Waals surface area (Å²) in [4.78, 5) is 15.7. The first-order valence-electron chi connectivity index (χ1n) is 6.15. The van der Waals surface area contributed by atoms with Gasteiger partial charge in [-0.3, -0.25) is 4.79 Å². The molecule has 0 saturated carbocycles. The number of nitrogens with one attached hydrogen (secondary N) is 1. The minimum Gasteiger partial charge on any atom is -0.382 e. The molecule has 0 aliphatic carbocycles. The van der Waals surface area contributed by atoms with Crippen molar-refractivity contribution in [3.05, 3.63) is 64.7 Å². The Balaban J connectivity index is 2.41. The van der Waals surface area contributed by atoms with E-state index in [0.29, 0.717) is 11.3 Å². The lowest BCUT2D eigenvalue weighted by Crippen LogP contribution is -2.20. The number of rotatable bonds is 3. The highest BCUT2D eigenvalue weighted by atomic mass is 19.1. The third kappa shape index (κ3) is 3.00. The number of aryl methyl sites for hydroxylation is 1. The maximum Gasteiger partial charge on any atom is 0.269 e. The first-order chi connectivity index (χ1) is 9.51. The molecule has 1 aromatic carbocycles. The van der Waals surface area contributed by atoms with Gasteiger partial charge in [-0.25, -0.2) is 9.37 Å². The van der Waals surface area contributed by atoms with Gasteiger partial charge in [0.1, 0.15) is 17.6 Å². The smallest absolute Gasteiger partial charge is 0.269 e. The van der Waals surface area contributed by atoms with Crippen LogP contribution in [0.3, 0.4) is 0 Å². The zero-order valence-corrected chi connectivity index (χ0v) is 11.2. The minimum atomic E-state index is -1.07. The molecule has 0 aliphatic rings. The SMILES string of the molecule is CNC(=O)c1cc(C)cc(C(O)c2cccc(F)c2)n1. The number of aliphatic hydroxyl groups is 1. The molecule has 0 saturated heterocycles. The normalized spacial score (nSPS) is 12.0. The Morgan fingerprint density at radius 3 is 2.75 bits per heavy atom. The number of hydrogen-bond donors (Lipinski definition) is 2. The van der Waals surface area contributed by atoms with Crippen molar-refractivity contribution in [2.75, 3.05) is 7.05 Å². The van der Waals surface area contributed by atoms with Gasteiger partial charge in [-0.2, -0.15) is 0 Å². The molecule has 0 aliphatic heterocycles. The maximum absolute atomic E-state index is 13.2. The zero-order chi connectivity index (χ0) is 14.7. The Morgan fingerprint density at radius 2 is 2.10 bits per heavy atom. The van der Waals surface area contributed by atoms with E-state index in [4.69, 9.17) is 0 Å². The van der Waals surface area contributed by atoms with E-state index in [-0.39, 0.29) is 11.6 Å². The molecule has 2 rings (SSSR count). The van der Waals surface area contributed by atoms with Gasteiger partial charge in [0.15, 0.2) is 0 Å². The molecule has 1 atom stereocenters. The number of halogens is 1. The quantitative estimate of drug-likeness (QED) is 0.899. The lowest BCUT2D eigenvalue weighted by Gasteiger charge is -2.12. The zero-order valence-electron chi connectivity index (χ0n) is 11.2. The first kappa shape index (κ1) is 14.1. The average molecular weight is 274 g/mol. The number of hydrogen-bond acceptors (Lipinski definition) is 3. The number of aromatic nitrogens is 1. The van der Waals surface area contributed by atoms with Crippen LogP contribution in [0.4, 0.5) is 4.39 Å². The van der Waals surface area contributed by atoms with Gasteiger partial charge in [0.2, 0.25) is 0 Å².